The first kappa shape index (κ1) is 14.0. The fourth-order valence-electron chi connectivity index (χ4n) is 3.72. The van der Waals surface area contributed by atoms with Gasteiger partial charge < -0.3 is 11.1 Å². The fraction of sp³-hybridized carbons (Fsp3) is 0.538. The van der Waals surface area contributed by atoms with Crippen LogP contribution >= 0.6 is 11.6 Å². The van der Waals surface area contributed by atoms with Gasteiger partial charge in [-0.2, -0.15) is 10.2 Å². The first-order valence-electron chi connectivity index (χ1n) is 6.64. The van der Waals surface area contributed by atoms with Gasteiger partial charge in [0.25, 0.3) is 0 Å². The van der Waals surface area contributed by atoms with E-state index in [-0.39, 0.29) is 28.9 Å². The first-order chi connectivity index (χ1) is 10.0. The molecular formula is C13H13ClFN5O. The second kappa shape index (κ2) is 5.11. The van der Waals surface area contributed by atoms with Crippen LogP contribution in [0.15, 0.2) is 6.20 Å². The van der Waals surface area contributed by atoms with Crippen LogP contribution in [0.25, 0.3) is 0 Å². The molecule has 0 aromatic carbocycles. The Labute approximate surface area is 125 Å². The fourth-order valence-corrected chi connectivity index (χ4v) is 3.85. The lowest BCUT2D eigenvalue weighted by Crippen LogP contribution is -2.45. The number of carbonyl (C=O) groups is 1. The van der Waals surface area contributed by atoms with Crippen molar-refractivity contribution in [3.8, 4) is 6.07 Å². The van der Waals surface area contributed by atoms with Crippen molar-refractivity contribution in [2.45, 2.75) is 18.9 Å². The number of hydrogen-bond acceptors (Lipinski definition) is 5. The van der Waals surface area contributed by atoms with Gasteiger partial charge in [-0.25, -0.2) is 9.37 Å². The summed E-state index contributed by atoms with van der Waals surface area (Å²) in [5.74, 6) is -1.69. The van der Waals surface area contributed by atoms with Crippen molar-refractivity contribution in [3.63, 3.8) is 0 Å². The highest BCUT2D eigenvalue weighted by Gasteiger charge is 2.55. The number of nitrogens with one attached hydrogen (secondary N) is 1. The standard InChI is InChI=1S/C13H13ClFN5O/c14-13-18-4-8(15)12(20-13)19-10-7-2-5(1-6(7)3-16)9(10)11(17)21/h4-7,9-10H,1-2H2,(H2,17,21)(H,18,19,20)/t5-,6+,7-,9+,10-/m1/s1. The monoisotopic (exact) mass is 309 g/mol. The number of nitriles is 1. The Kier molecular flexibility index (Phi) is 3.41. The third-order valence-corrected chi connectivity index (χ3v) is 4.70. The number of anilines is 1. The molecule has 2 bridgehead atoms. The second-order valence-electron chi connectivity index (χ2n) is 5.56. The van der Waals surface area contributed by atoms with E-state index in [1.165, 1.54) is 0 Å². The Hall–Kier alpha value is -1.94. The van der Waals surface area contributed by atoms with Gasteiger partial charge in [-0.3, -0.25) is 4.79 Å². The van der Waals surface area contributed by atoms with Crippen LogP contribution in [0.5, 0.6) is 0 Å². The van der Waals surface area contributed by atoms with Crippen LogP contribution < -0.4 is 11.1 Å². The molecule has 3 rings (SSSR count). The third-order valence-electron chi connectivity index (χ3n) is 4.52. The van der Waals surface area contributed by atoms with Crippen molar-refractivity contribution in [1.82, 2.24) is 9.97 Å². The quantitative estimate of drug-likeness (QED) is 0.820. The Morgan fingerprint density at radius 3 is 3.00 bits per heavy atom. The van der Waals surface area contributed by atoms with E-state index in [1.54, 1.807) is 0 Å². The number of fused-ring (bicyclic) bond motifs is 2. The molecule has 8 heteroatoms. The van der Waals surface area contributed by atoms with Gasteiger partial charge in [0.1, 0.15) is 0 Å². The van der Waals surface area contributed by atoms with Crippen LogP contribution in [0, 0.1) is 40.8 Å². The summed E-state index contributed by atoms with van der Waals surface area (Å²) in [6.45, 7) is 0. The number of rotatable bonds is 3. The van der Waals surface area contributed by atoms with Gasteiger partial charge in [0.05, 0.1) is 24.1 Å². The molecule has 0 saturated heterocycles. The average molecular weight is 310 g/mol. The highest BCUT2D eigenvalue weighted by atomic mass is 35.5. The maximum absolute atomic E-state index is 13.7. The maximum atomic E-state index is 13.7. The van der Waals surface area contributed by atoms with E-state index in [0.717, 1.165) is 12.6 Å². The molecule has 0 radical (unpaired) electrons. The lowest BCUT2D eigenvalue weighted by atomic mass is 9.78. The maximum Gasteiger partial charge on any atom is 0.224 e. The molecule has 21 heavy (non-hydrogen) atoms. The summed E-state index contributed by atoms with van der Waals surface area (Å²) < 4.78 is 13.7. The number of carbonyl (C=O) groups excluding carboxylic acids is 1. The number of aromatic nitrogens is 2. The van der Waals surface area contributed by atoms with Crippen LogP contribution in [-0.2, 0) is 4.79 Å². The van der Waals surface area contributed by atoms with Gasteiger partial charge in [0.15, 0.2) is 11.6 Å². The lowest BCUT2D eigenvalue weighted by Gasteiger charge is -2.32. The molecule has 1 heterocycles. The summed E-state index contributed by atoms with van der Waals surface area (Å²) in [5, 5.41) is 12.0. The zero-order valence-corrected chi connectivity index (χ0v) is 11.7. The molecule has 2 aliphatic carbocycles. The molecule has 6 nitrogen and oxygen atoms in total. The number of primary amides is 1. The van der Waals surface area contributed by atoms with Gasteiger partial charge in [0, 0.05) is 6.04 Å². The smallest absolute Gasteiger partial charge is 0.224 e. The Bertz CT molecular complexity index is 633. The number of nitrogens with two attached hydrogens (primary N) is 1. The van der Waals surface area contributed by atoms with Crippen LogP contribution in [-0.4, -0.2) is 21.9 Å². The molecule has 2 aliphatic rings. The van der Waals surface area contributed by atoms with E-state index >= 15 is 0 Å². The van der Waals surface area contributed by atoms with Crippen LogP contribution in [0.2, 0.25) is 5.28 Å². The third kappa shape index (κ3) is 2.29. The summed E-state index contributed by atoms with van der Waals surface area (Å²) in [4.78, 5) is 19.0. The van der Waals surface area contributed by atoms with E-state index in [2.05, 4.69) is 21.4 Å². The van der Waals surface area contributed by atoms with E-state index in [1.807, 2.05) is 0 Å². The summed E-state index contributed by atoms with van der Waals surface area (Å²) in [5.41, 5.74) is 5.47. The number of nitrogens with zero attached hydrogens (tertiary/aromatic N) is 3. The summed E-state index contributed by atoms with van der Waals surface area (Å²) in [6, 6.07) is 1.86. The number of amides is 1. The molecule has 2 saturated carbocycles. The minimum absolute atomic E-state index is 0.0364. The van der Waals surface area contributed by atoms with Gasteiger partial charge >= 0.3 is 0 Å². The SMILES string of the molecule is N#C[C@@H]1C[C@@H]2C[C@H]1[C@@H](Nc1nc(Cl)ncc1F)[C@H]2C(N)=O. The molecule has 2 fully saturated rings. The molecule has 5 atom stereocenters. The van der Waals surface area contributed by atoms with Crippen molar-refractivity contribution in [2.24, 2.45) is 29.4 Å². The van der Waals surface area contributed by atoms with Gasteiger partial charge in [-0.15, -0.1) is 0 Å². The Balaban J connectivity index is 1.90. The summed E-state index contributed by atoms with van der Waals surface area (Å²) >= 11 is 5.66. The summed E-state index contributed by atoms with van der Waals surface area (Å²) in [6.07, 6.45) is 2.37. The summed E-state index contributed by atoms with van der Waals surface area (Å²) in [7, 11) is 0. The highest BCUT2D eigenvalue weighted by molar-refractivity contribution is 6.28. The topological polar surface area (TPSA) is 105 Å². The van der Waals surface area contributed by atoms with Crippen LogP contribution in [0.3, 0.4) is 0 Å². The predicted molar refractivity (Wildman–Crippen MR) is 72.4 cm³/mol. The van der Waals surface area contributed by atoms with Crippen molar-refractivity contribution in [1.29, 1.82) is 5.26 Å². The van der Waals surface area contributed by atoms with Gasteiger partial charge in [-0.1, -0.05) is 0 Å². The Morgan fingerprint density at radius 2 is 2.33 bits per heavy atom. The van der Waals surface area contributed by atoms with Gasteiger partial charge in [0.2, 0.25) is 11.2 Å². The van der Waals surface area contributed by atoms with Crippen molar-refractivity contribution < 1.29 is 9.18 Å². The lowest BCUT2D eigenvalue weighted by molar-refractivity contribution is -0.123. The molecule has 1 amide bonds. The van der Waals surface area contributed by atoms with E-state index in [4.69, 9.17) is 17.3 Å². The first-order valence-corrected chi connectivity index (χ1v) is 7.02. The van der Waals surface area contributed by atoms with Crippen molar-refractivity contribution in [3.05, 3.63) is 17.3 Å². The zero-order valence-electron chi connectivity index (χ0n) is 11.0. The molecule has 0 aliphatic heterocycles. The predicted octanol–water partition coefficient (Wildman–Crippen LogP) is 1.33. The highest BCUT2D eigenvalue weighted by Crippen LogP contribution is 2.52. The van der Waals surface area contributed by atoms with Crippen LogP contribution in [0.4, 0.5) is 10.2 Å². The van der Waals surface area contributed by atoms with Gasteiger partial charge in [-0.05, 0) is 36.3 Å². The molecule has 0 unspecified atom stereocenters. The van der Waals surface area contributed by atoms with Crippen LogP contribution in [0.1, 0.15) is 12.8 Å². The second-order valence-corrected chi connectivity index (χ2v) is 5.90. The zero-order chi connectivity index (χ0) is 15.1. The number of halogens is 2. The Morgan fingerprint density at radius 1 is 1.57 bits per heavy atom. The minimum Gasteiger partial charge on any atom is -0.369 e. The minimum atomic E-state index is -0.654. The largest absolute Gasteiger partial charge is 0.369 e. The molecule has 1 aromatic heterocycles. The molecule has 3 N–H and O–H groups in total. The van der Waals surface area contributed by atoms with E-state index in [0.29, 0.717) is 6.42 Å². The van der Waals surface area contributed by atoms with E-state index < -0.39 is 23.7 Å². The normalized spacial score (nSPS) is 33.7. The molecule has 0 spiro atoms. The molecule has 1 aromatic rings. The van der Waals surface area contributed by atoms with Crippen molar-refractivity contribution >= 4 is 23.3 Å². The molecule has 110 valence electrons. The van der Waals surface area contributed by atoms with Crippen molar-refractivity contribution in [2.75, 3.05) is 5.32 Å². The molecular weight excluding hydrogens is 297 g/mol. The van der Waals surface area contributed by atoms with E-state index in [9.17, 15) is 14.4 Å². The average Bonchev–Trinajstić information content (AvgIpc) is 3.00. The number of hydrogen-bond donors (Lipinski definition) is 2.